The molecule has 0 unspecified atom stereocenters. The van der Waals surface area contributed by atoms with Gasteiger partial charge in [0.1, 0.15) is 5.82 Å². The summed E-state index contributed by atoms with van der Waals surface area (Å²) in [7, 11) is 0. The number of nitrogens with one attached hydrogen (secondary N) is 1. The lowest BCUT2D eigenvalue weighted by Crippen LogP contribution is -2.44. The maximum absolute atomic E-state index is 13.3. The standard InChI is InChI=1S/C15H19FN2O2/c1-10(19)14-9-12(16)3-4-15(14)18-7-5-13(6-8-18)17-11(2)20/h3-4,9,13H,5-8H2,1-2H3,(H,17,20). The van der Waals surface area contributed by atoms with Crippen LogP contribution in [-0.2, 0) is 4.79 Å². The van der Waals surface area contributed by atoms with Gasteiger partial charge >= 0.3 is 0 Å². The minimum absolute atomic E-state index is 0.0188. The molecule has 0 atom stereocenters. The molecule has 108 valence electrons. The summed E-state index contributed by atoms with van der Waals surface area (Å²) in [6.45, 7) is 4.45. The first-order valence-corrected chi connectivity index (χ1v) is 6.80. The Kier molecular flexibility index (Phi) is 4.37. The van der Waals surface area contributed by atoms with E-state index >= 15 is 0 Å². The number of piperidine rings is 1. The van der Waals surface area contributed by atoms with Gasteiger partial charge in [0.25, 0.3) is 0 Å². The van der Waals surface area contributed by atoms with Crippen molar-refractivity contribution in [3.63, 3.8) is 0 Å². The highest BCUT2D eigenvalue weighted by Gasteiger charge is 2.22. The number of nitrogens with zero attached hydrogens (tertiary/aromatic N) is 1. The summed E-state index contributed by atoms with van der Waals surface area (Å²) in [6, 6.07) is 4.51. The van der Waals surface area contributed by atoms with Crippen LogP contribution in [-0.4, -0.2) is 30.8 Å². The van der Waals surface area contributed by atoms with Gasteiger partial charge in [-0.3, -0.25) is 9.59 Å². The summed E-state index contributed by atoms with van der Waals surface area (Å²) >= 11 is 0. The number of halogens is 1. The molecule has 0 radical (unpaired) electrons. The van der Waals surface area contributed by atoms with Crippen molar-refractivity contribution in [2.24, 2.45) is 0 Å². The summed E-state index contributed by atoms with van der Waals surface area (Å²) < 4.78 is 13.3. The number of hydrogen-bond donors (Lipinski definition) is 1. The van der Waals surface area contributed by atoms with Crippen LogP contribution in [0.3, 0.4) is 0 Å². The number of anilines is 1. The van der Waals surface area contributed by atoms with Crippen molar-refractivity contribution in [2.45, 2.75) is 32.7 Å². The zero-order valence-corrected chi connectivity index (χ0v) is 11.8. The van der Waals surface area contributed by atoms with Crippen LogP contribution in [0.2, 0.25) is 0 Å². The van der Waals surface area contributed by atoms with Gasteiger partial charge in [-0.15, -0.1) is 0 Å². The number of carbonyl (C=O) groups is 2. The van der Waals surface area contributed by atoms with Crippen molar-refractivity contribution >= 4 is 17.4 Å². The molecule has 1 saturated heterocycles. The quantitative estimate of drug-likeness (QED) is 0.862. The number of amides is 1. The van der Waals surface area contributed by atoms with Crippen molar-refractivity contribution in [2.75, 3.05) is 18.0 Å². The molecule has 1 N–H and O–H groups in total. The van der Waals surface area contributed by atoms with E-state index in [1.807, 2.05) is 0 Å². The third kappa shape index (κ3) is 3.35. The van der Waals surface area contributed by atoms with Gasteiger partial charge in [-0.1, -0.05) is 0 Å². The van der Waals surface area contributed by atoms with E-state index in [-0.39, 0.29) is 17.7 Å². The minimum Gasteiger partial charge on any atom is -0.371 e. The van der Waals surface area contributed by atoms with Crippen molar-refractivity contribution in [1.29, 1.82) is 0 Å². The van der Waals surface area contributed by atoms with E-state index < -0.39 is 5.82 Å². The Balaban J connectivity index is 2.11. The van der Waals surface area contributed by atoms with Crippen LogP contribution in [0.15, 0.2) is 18.2 Å². The van der Waals surface area contributed by atoms with Crippen molar-refractivity contribution in [3.05, 3.63) is 29.6 Å². The molecule has 1 aromatic rings. The molecule has 1 aliphatic rings. The number of benzene rings is 1. The van der Waals surface area contributed by atoms with Crippen molar-refractivity contribution < 1.29 is 14.0 Å². The fourth-order valence-corrected chi connectivity index (χ4v) is 2.62. The smallest absolute Gasteiger partial charge is 0.217 e. The molecular weight excluding hydrogens is 259 g/mol. The van der Waals surface area contributed by atoms with Crippen LogP contribution in [0.4, 0.5) is 10.1 Å². The summed E-state index contributed by atoms with van der Waals surface area (Å²) in [5.41, 5.74) is 1.20. The fourth-order valence-electron chi connectivity index (χ4n) is 2.62. The maximum Gasteiger partial charge on any atom is 0.217 e. The number of ketones is 1. The Morgan fingerprint density at radius 2 is 1.90 bits per heavy atom. The maximum atomic E-state index is 13.3. The second-order valence-corrected chi connectivity index (χ2v) is 5.18. The lowest BCUT2D eigenvalue weighted by molar-refractivity contribution is -0.119. The first-order chi connectivity index (χ1) is 9.47. The summed E-state index contributed by atoms with van der Waals surface area (Å²) in [5.74, 6) is -0.551. The summed E-state index contributed by atoms with van der Waals surface area (Å²) in [6.07, 6.45) is 1.66. The Labute approximate surface area is 118 Å². The first-order valence-electron chi connectivity index (χ1n) is 6.80. The monoisotopic (exact) mass is 278 g/mol. The molecule has 1 fully saturated rings. The molecule has 0 aliphatic carbocycles. The molecule has 2 rings (SSSR count). The van der Waals surface area contributed by atoms with Gasteiger partial charge in [0.15, 0.2) is 5.78 Å². The molecule has 5 heteroatoms. The number of carbonyl (C=O) groups excluding carboxylic acids is 2. The molecule has 1 heterocycles. The third-order valence-electron chi connectivity index (χ3n) is 3.58. The van der Waals surface area contributed by atoms with Crippen LogP contribution < -0.4 is 10.2 Å². The summed E-state index contributed by atoms with van der Waals surface area (Å²) in [4.78, 5) is 24.7. The number of hydrogen-bond acceptors (Lipinski definition) is 3. The zero-order chi connectivity index (χ0) is 14.7. The van der Waals surface area contributed by atoms with E-state index in [9.17, 15) is 14.0 Å². The van der Waals surface area contributed by atoms with E-state index in [2.05, 4.69) is 10.2 Å². The molecule has 1 aliphatic heterocycles. The van der Waals surface area contributed by atoms with Gasteiger partial charge in [-0.2, -0.15) is 0 Å². The van der Waals surface area contributed by atoms with E-state index in [1.165, 1.54) is 26.0 Å². The molecule has 4 nitrogen and oxygen atoms in total. The SMILES string of the molecule is CC(=O)NC1CCN(c2ccc(F)cc2C(C)=O)CC1. The number of rotatable bonds is 3. The topological polar surface area (TPSA) is 49.4 Å². The molecule has 1 amide bonds. The highest BCUT2D eigenvalue weighted by Crippen LogP contribution is 2.25. The Morgan fingerprint density at radius 1 is 1.25 bits per heavy atom. The van der Waals surface area contributed by atoms with E-state index in [1.54, 1.807) is 6.07 Å². The Morgan fingerprint density at radius 3 is 2.45 bits per heavy atom. The van der Waals surface area contributed by atoms with Crippen molar-refractivity contribution in [3.8, 4) is 0 Å². The van der Waals surface area contributed by atoms with Gasteiger partial charge in [-0.25, -0.2) is 4.39 Å². The predicted molar refractivity (Wildman–Crippen MR) is 75.5 cm³/mol. The van der Waals surface area contributed by atoms with Crippen LogP contribution in [0.5, 0.6) is 0 Å². The minimum atomic E-state index is -0.396. The molecule has 1 aromatic carbocycles. The lowest BCUT2D eigenvalue weighted by atomic mass is 10.0. The molecule has 0 saturated carbocycles. The lowest BCUT2D eigenvalue weighted by Gasteiger charge is -2.34. The highest BCUT2D eigenvalue weighted by atomic mass is 19.1. The number of Topliss-reactive ketones (excluding diaryl/α,β-unsaturated/α-hetero) is 1. The van der Waals surface area contributed by atoms with Crippen LogP contribution in [0.1, 0.15) is 37.0 Å². The van der Waals surface area contributed by atoms with E-state index in [0.29, 0.717) is 5.56 Å². The van der Waals surface area contributed by atoms with E-state index in [0.717, 1.165) is 31.6 Å². The average molecular weight is 278 g/mol. The molecule has 0 aromatic heterocycles. The largest absolute Gasteiger partial charge is 0.371 e. The molecule has 0 spiro atoms. The van der Waals surface area contributed by atoms with Gasteiger partial charge in [0, 0.05) is 37.3 Å². The van der Waals surface area contributed by atoms with Crippen LogP contribution >= 0.6 is 0 Å². The summed E-state index contributed by atoms with van der Waals surface area (Å²) in [5, 5.41) is 2.91. The van der Waals surface area contributed by atoms with Gasteiger partial charge in [0.05, 0.1) is 0 Å². The van der Waals surface area contributed by atoms with Crippen LogP contribution in [0.25, 0.3) is 0 Å². The Bertz CT molecular complexity index is 523. The normalized spacial score (nSPS) is 16.1. The second-order valence-electron chi connectivity index (χ2n) is 5.18. The molecule has 20 heavy (non-hydrogen) atoms. The zero-order valence-electron chi connectivity index (χ0n) is 11.8. The predicted octanol–water partition coefficient (Wildman–Crippen LogP) is 2.13. The highest BCUT2D eigenvalue weighted by molar-refractivity contribution is 5.99. The Hall–Kier alpha value is -1.91. The fraction of sp³-hybridized carbons (Fsp3) is 0.467. The van der Waals surface area contributed by atoms with Crippen LogP contribution in [0, 0.1) is 5.82 Å². The van der Waals surface area contributed by atoms with E-state index in [4.69, 9.17) is 0 Å². The second kappa shape index (κ2) is 6.03. The molecule has 0 bridgehead atoms. The van der Waals surface area contributed by atoms with Crippen molar-refractivity contribution in [1.82, 2.24) is 5.32 Å². The van der Waals surface area contributed by atoms with Gasteiger partial charge in [-0.05, 0) is 38.0 Å². The molecular formula is C15H19FN2O2. The average Bonchev–Trinajstić information content (AvgIpc) is 2.39. The van der Waals surface area contributed by atoms with Gasteiger partial charge in [0.2, 0.25) is 5.91 Å². The first kappa shape index (κ1) is 14.5. The third-order valence-corrected chi connectivity index (χ3v) is 3.58. The van der Waals surface area contributed by atoms with Gasteiger partial charge < -0.3 is 10.2 Å².